The quantitative estimate of drug-likeness (QED) is 0.490. The molecular formula is C20H25ClFN3O2S2. The molecule has 2 N–H and O–H groups in total. The molecule has 2 aliphatic rings. The molecule has 4 atom stereocenters. The second-order valence-corrected chi connectivity index (χ2v) is 10.1. The Kier molecular flexibility index (Phi) is 7.35. The predicted molar refractivity (Wildman–Crippen MR) is 119 cm³/mol. The van der Waals surface area contributed by atoms with E-state index in [1.165, 1.54) is 36.1 Å². The minimum Gasteiger partial charge on any atom is -0.384 e. The molecule has 158 valence electrons. The van der Waals surface area contributed by atoms with Gasteiger partial charge in [-0.15, -0.1) is 22.9 Å². The number of aromatic nitrogens is 1. The van der Waals surface area contributed by atoms with E-state index in [1.807, 2.05) is 24.5 Å². The second-order valence-electron chi connectivity index (χ2n) is 7.49. The zero-order chi connectivity index (χ0) is 21.2. The molecule has 3 rings (SSSR count). The molecule has 5 nitrogen and oxygen atoms in total. The standard InChI is InChI=1S/C20H25ClFN3O2S2/c1-11(5-6-12(2)22)17-25-16(18-24-14(10-28-18)20(3,4)26)19(27-17)29-15-8-7-13(21)9-23-15/h5-8,10,13,16-17,19,25-26H,9H2,1-4H3/b11-5?,12-6+. The molecule has 1 saturated heterocycles. The van der Waals surface area contributed by atoms with Crippen molar-refractivity contribution in [1.82, 2.24) is 10.3 Å². The summed E-state index contributed by atoms with van der Waals surface area (Å²) in [5.74, 6) is -0.267. The van der Waals surface area contributed by atoms with Crippen LogP contribution in [-0.4, -0.2) is 38.7 Å². The number of alkyl halides is 1. The van der Waals surface area contributed by atoms with Crippen LogP contribution in [0.1, 0.15) is 44.4 Å². The number of hydrogen-bond donors (Lipinski definition) is 2. The van der Waals surface area contributed by atoms with Gasteiger partial charge in [0.2, 0.25) is 0 Å². The number of aliphatic hydroxyl groups is 1. The van der Waals surface area contributed by atoms with E-state index in [2.05, 4.69) is 15.3 Å². The van der Waals surface area contributed by atoms with E-state index < -0.39 is 5.60 Å². The van der Waals surface area contributed by atoms with Crippen LogP contribution in [0.2, 0.25) is 0 Å². The maximum absolute atomic E-state index is 13.1. The summed E-state index contributed by atoms with van der Waals surface area (Å²) in [6, 6.07) is -0.199. The SMILES string of the molecule is CC(=C/C=C(\C)F)C1NC(c2nc(C(C)(C)O)cs2)C(SC2=NCC(Cl)C=C2)O1. The van der Waals surface area contributed by atoms with Crippen LogP contribution in [0, 0.1) is 0 Å². The summed E-state index contributed by atoms with van der Waals surface area (Å²) in [6.07, 6.45) is 6.57. The van der Waals surface area contributed by atoms with Crippen LogP contribution < -0.4 is 5.32 Å². The van der Waals surface area contributed by atoms with Crippen molar-refractivity contribution < 1.29 is 14.2 Å². The monoisotopic (exact) mass is 457 g/mol. The first kappa shape index (κ1) is 22.7. The van der Waals surface area contributed by atoms with E-state index in [0.717, 1.165) is 15.6 Å². The molecule has 0 spiro atoms. The zero-order valence-electron chi connectivity index (χ0n) is 16.7. The molecular weight excluding hydrogens is 433 g/mol. The Morgan fingerprint density at radius 3 is 2.79 bits per heavy atom. The van der Waals surface area contributed by atoms with E-state index in [-0.39, 0.29) is 28.9 Å². The van der Waals surface area contributed by atoms with Gasteiger partial charge in [-0.25, -0.2) is 9.37 Å². The minimum absolute atomic E-state index is 0.0836. The molecule has 29 heavy (non-hydrogen) atoms. The number of aliphatic imine (C=N–C) groups is 1. The fourth-order valence-corrected chi connectivity index (χ4v) is 5.08. The Labute approximate surface area is 183 Å². The largest absolute Gasteiger partial charge is 0.384 e. The summed E-state index contributed by atoms with van der Waals surface area (Å²) < 4.78 is 19.3. The Morgan fingerprint density at radius 1 is 1.45 bits per heavy atom. The fourth-order valence-electron chi connectivity index (χ4n) is 2.73. The highest BCUT2D eigenvalue weighted by molar-refractivity contribution is 8.14. The highest BCUT2D eigenvalue weighted by Crippen LogP contribution is 2.39. The minimum atomic E-state index is -1.01. The van der Waals surface area contributed by atoms with Crippen molar-refractivity contribution in [1.29, 1.82) is 0 Å². The van der Waals surface area contributed by atoms with Crippen molar-refractivity contribution in [2.24, 2.45) is 4.99 Å². The van der Waals surface area contributed by atoms with Crippen molar-refractivity contribution in [3.05, 3.63) is 51.8 Å². The van der Waals surface area contributed by atoms with Crippen LogP contribution in [0.15, 0.2) is 46.1 Å². The summed E-state index contributed by atoms with van der Waals surface area (Å²) >= 11 is 9.05. The number of nitrogens with zero attached hydrogens (tertiary/aromatic N) is 2. The molecule has 0 radical (unpaired) electrons. The number of ether oxygens (including phenoxy) is 1. The summed E-state index contributed by atoms with van der Waals surface area (Å²) in [5, 5.41) is 17.1. The van der Waals surface area contributed by atoms with Gasteiger partial charge in [-0.2, -0.15) is 0 Å². The number of allylic oxidation sites excluding steroid dienone is 3. The molecule has 0 aliphatic carbocycles. The van der Waals surface area contributed by atoms with E-state index in [9.17, 15) is 9.50 Å². The van der Waals surface area contributed by atoms with Crippen LogP contribution in [0.3, 0.4) is 0 Å². The molecule has 1 aromatic rings. The Hall–Kier alpha value is -1.03. The van der Waals surface area contributed by atoms with Crippen LogP contribution >= 0.6 is 34.7 Å². The molecule has 1 aromatic heterocycles. The molecule has 4 unspecified atom stereocenters. The van der Waals surface area contributed by atoms with Gasteiger partial charge in [0, 0.05) is 5.38 Å². The third-order valence-electron chi connectivity index (χ3n) is 4.38. The number of nitrogens with one attached hydrogen (secondary N) is 1. The van der Waals surface area contributed by atoms with Crippen LogP contribution in [0.5, 0.6) is 0 Å². The van der Waals surface area contributed by atoms with Crippen LogP contribution in [-0.2, 0) is 10.3 Å². The lowest BCUT2D eigenvalue weighted by Gasteiger charge is -2.18. The fraction of sp³-hybridized carbons (Fsp3) is 0.500. The maximum Gasteiger partial charge on any atom is 0.133 e. The lowest BCUT2D eigenvalue weighted by atomic mass is 10.1. The molecule has 0 bridgehead atoms. The topological polar surface area (TPSA) is 66.7 Å². The normalized spacial score (nSPS) is 28.7. The molecule has 0 amide bonds. The first-order chi connectivity index (χ1) is 13.6. The average Bonchev–Trinajstić information content (AvgIpc) is 3.28. The van der Waals surface area contributed by atoms with Crippen molar-refractivity contribution in [3.8, 4) is 0 Å². The number of dihydropyridines is 1. The smallest absolute Gasteiger partial charge is 0.133 e. The number of rotatable bonds is 5. The van der Waals surface area contributed by atoms with E-state index in [0.29, 0.717) is 12.2 Å². The molecule has 2 aliphatic heterocycles. The van der Waals surface area contributed by atoms with Gasteiger partial charge in [-0.1, -0.05) is 23.9 Å². The highest BCUT2D eigenvalue weighted by Gasteiger charge is 2.39. The molecule has 0 saturated carbocycles. The molecule has 1 fully saturated rings. The summed E-state index contributed by atoms with van der Waals surface area (Å²) in [6.45, 7) is 7.25. The van der Waals surface area contributed by atoms with Gasteiger partial charge in [0.25, 0.3) is 0 Å². The molecule has 3 heterocycles. The van der Waals surface area contributed by atoms with Crippen molar-refractivity contribution >= 4 is 39.7 Å². The van der Waals surface area contributed by atoms with Crippen LogP contribution in [0.4, 0.5) is 4.39 Å². The molecule has 0 aromatic carbocycles. The van der Waals surface area contributed by atoms with Gasteiger partial charge >= 0.3 is 0 Å². The van der Waals surface area contributed by atoms with Gasteiger partial charge in [0.05, 0.1) is 34.5 Å². The predicted octanol–water partition coefficient (Wildman–Crippen LogP) is 4.81. The third-order valence-corrected chi connectivity index (χ3v) is 6.72. The van der Waals surface area contributed by atoms with Crippen LogP contribution in [0.25, 0.3) is 0 Å². The number of thioether (sulfide) groups is 1. The number of hydrogen-bond acceptors (Lipinski definition) is 7. The lowest BCUT2D eigenvalue weighted by Crippen LogP contribution is -2.27. The first-order valence-corrected chi connectivity index (χ1v) is 11.5. The highest BCUT2D eigenvalue weighted by atomic mass is 35.5. The van der Waals surface area contributed by atoms with Crippen molar-refractivity contribution in [2.45, 2.75) is 56.4 Å². The Morgan fingerprint density at radius 2 is 2.21 bits per heavy atom. The zero-order valence-corrected chi connectivity index (χ0v) is 19.1. The Bertz CT molecular complexity index is 856. The number of halogens is 2. The lowest BCUT2D eigenvalue weighted by molar-refractivity contribution is 0.0742. The van der Waals surface area contributed by atoms with Gasteiger partial charge in [-0.05, 0) is 45.4 Å². The summed E-state index contributed by atoms with van der Waals surface area (Å²) in [7, 11) is 0. The summed E-state index contributed by atoms with van der Waals surface area (Å²) in [4.78, 5) is 9.13. The van der Waals surface area contributed by atoms with Crippen molar-refractivity contribution in [3.63, 3.8) is 0 Å². The average molecular weight is 458 g/mol. The summed E-state index contributed by atoms with van der Waals surface area (Å²) in [5.41, 5.74) is 0.182. The third kappa shape index (κ3) is 5.99. The van der Waals surface area contributed by atoms with Gasteiger partial charge in [-0.3, -0.25) is 10.3 Å². The van der Waals surface area contributed by atoms with E-state index >= 15 is 0 Å². The molecule has 9 heteroatoms. The maximum atomic E-state index is 13.1. The van der Waals surface area contributed by atoms with Gasteiger partial charge < -0.3 is 9.84 Å². The van der Waals surface area contributed by atoms with Crippen molar-refractivity contribution in [2.75, 3.05) is 6.54 Å². The second kappa shape index (κ2) is 9.41. The Balaban J connectivity index is 1.83. The van der Waals surface area contributed by atoms with Gasteiger partial charge in [0.1, 0.15) is 22.3 Å². The number of thiazole rings is 1. The first-order valence-electron chi connectivity index (χ1n) is 9.27. The van der Waals surface area contributed by atoms with E-state index in [4.69, 9.17) is 16.3 Å². The van der Waals surface area contributed by atoms with E-state index in [1.54, 1.807) is 19.9 Å². The van der Waals surface area contributed by atoms with Gasteiger partial charge in [0.15, 0.2) is 0 Å².